The normalized spacial score (nSPS) is 14.8. The van der Waals surface area contributed by atoms with Gasteiger partial charge >= 0.3 is 18.5 Å². The van der Waals surface area contributed by atoms with Crippen molar-refractivity contribution in [3.8, 4) is 0 Å². The molecule has 2 atom stereocenters. The highest BCUT2D eigenvalue weighted by atomic mass is 35.5. The minimum atomic E-state index is -5.22. The third-order valence-electron chi connectivity index (χ3n) is 4.77. The Morgan fingerprint density at radius 2 is 1.55 bits per heavy atom. The first-order chi connectivity index (χ1) is 17.3. The fourth-order valence-electron chi connectivity index (χ4n) is 3.20. The van der Waals surface area contributed by atoms with Gasteiger partial charge in [0.25, 0.3) is 5.91 Å². The van der Waals surface area contributed by atoms with Gasteiger partial charge in [-0.3, -0.25) is 4.79 Å². The molecule has 2 nitrogen and oxygen atoms in total. The van der Waals surface area contributed by atoms with Crippen LogP contribution in [0.3, 0.4) is 0 Å². The van der Waals surface area contributed by atoms with Gasteiger partial charge in [-0.25, -0.2) is 4.39 Å². The number of carbonyl (C=O) groups is 1. The van der Waals surface area contributed by atoms with Crippen LogP contribution in [0.25, 0.3) is 5.83 Å². The molecule has 2 aromatic carbocycles. The lowest BCUT2D eigenvalue weighted by Crippen LogP contribution is -2.35. The molecule has 0 saturated carbocycles. The molecule has 0 aliphatic carbocycles. The first kappa shape index (κ1) is 32.1. The van der Waals surface area contributed by atoms with Crippen LogP contribution in [0.5, 0.6) is 0 Å². The van der Waals surface area contributed by atoms with Crippen LogP contribution >= 0.6 is 35.0 Å². The van der Waals surface area contributed by atoms with Crippen molar-refractivity contribution in [2.75, 3.05) is 11.5 Å². The predicted octanol–water partition coefficient (Wildman–Crippen LogP) is 9.08. The second-order valence-electron chi connectivity index (χ2n) is 8.00. The summed E-state index contributed by atoms with van der Waals surface area (Å²) in [5.41, 5.74) is -4.10. The molecule has 0 fully saturated rings. The first-order valence-corrected chi connectivity index (χ1v) is 12.3. The molecule has 15 heteroatoms. The molecule has 0 heterocycles. The Labute approximate surface area is 224 Å². The van der Waals surface area contributed by atoms with Crippen molar-refractivity contribution >= 4 is 46.7 Å². The molecule has 0 saturated heterocycles. The largest absolute Gasteiger partial charge is 0.417 e. The number of alkyl halides is 9. The molecule has 0 aliphatic rings. The zero-order valence-electron chi connectivity index (χ0n) is 19.0. The highest BCUT2D eigenvalue weighted by molar-refractivity contribution is 7.99. The number of carbonyl (C=O) groups excluding carboxylic acids is 1. The van der Waals surface area contributed by atoms with Crippen LogP contribution in [0.1, 0.15) is 39.9 Å². The molecule has 1 amide bonds. The van der Waals surface area contributed by atoms with E-state index in [0.717, 1.165) is 18.2 Å². The van der Waals surface area contributed by atoms with Gasteiger partial charge in [0.1, 0.15) is 11.7 Å². The number of hydrogen-bond donors (Lipinski definition) is 1. The minimum Gasteiger partial charge on any atom is -0.349 e. The van der Waals surface area contributed by atoms with Crippen molar-refractivity contribution in [2.24, 2.45) is 0 Å². The van der Waals surface area contributed by atoms with Crippen molar-refractivity contribution < 1.29 is 48.7 Å². The van der Waals surface area contributed by atoms with Gasteiger partial charge in [0, 0.05) is 27.4 Å². The second-order valence-corrected chi connectivity index (χ2v) is 9.90. The highest BCUT2D eigenvalue weighted by Gasteiger charge is 2.41. The first-order valence-electron chi connectivity index (χ1n) is 10.3. The van der Waals surface area contributed by atoms with Crippen molar-refractivity contribution in [2.45, 2.75) is 37.4 Å². The van der Waals surface area contributed by atoms with E-state index in [1.165, 1.54) is 6.92 Å². The van der Waals surface area contributed by atoms with Crippen LogP contribution in [0.4, 0.5) is 43.9 Å². The Balaban J connectivity index is 2.39. The summed E-state index contributed by atoms with van der Waals surface area (Å²) in [5, 5.41) is 1.75. The molecule has 0 radical (unpaired) electrons. The topological polar surface area (TPSA) is 29.1 Å². The Morgan fingerprint density at radius 3 is 2.05 bits per heavy atom. The minimum absolute atomic E-state index is 0.0527. The van der Waals surface area contributed by atoms with Gasteiger partial charge in [0.05, 0.1) is 16.9 Å². The van der Waals surface area contributed by atoms with E-state index in [-0.39, 0.29) is 27.9 Å². The van der Waals surface area contributed by atoms with Crippen LogP contribution < -0.4 is 5.32 Å². The number of hydrogen-bond acceptors (Lipinski definition) is 2. The lowest BCUT2D eigenvalue weighted by atomic mass is 9.95. The Kier molecular flexibility index (Phi) is 10.5. The predicted molar refractivity (Wildman–Crippen MR) is 126 cm³/mol. The number of thioether (sulfide) groups is 1. The van der Waals surface area contributed by atoms with Gasteiger partial charge in [-0.1, -0.05) is 29.3 Å². The lowest BCUT2D eigenvalue weighted by molar-refractivity contribution is -0.140. The Bertz CT molecular complexity index is 1160. The molecule has 38 heavy (non-hydrogen) atoms. The maximum atomic E-state index is 14.9. The molecule has 2 rings (SSSR count). The molecule has 2 aromatic rings. The molecular weight excluding hydrogens is 599 g/mol. The smallest absolute Gasteiger partial charge is 0.349 e. The molecule has 0 aliphatic heterocycles. The monoisotopic (exact) mass is 615 g/mol. The Hall–Kier alpha value is -2.12. The molecule has 1 unspecified atom stereocenters. The summed E-state index contributed by atoms with van der Waals surface area (Å²) in [5.74, 6) is -7.10. The van der Waals surface area contributed by atoms with Gasteiger partial charge in [-0.05, 0) is 48.9 Å². The molecule has 210 valence electrons. The van der Waals surface area contributed by atoms with E-state index < -0.39 is 70.2 Å². The average molecular weight is 616 g/mol. The Morgan fingerprint density at radius 1 is 0.974 bits per heavy atom. The maximum absolute atomic E-state index is 14.9. The van der Waals surface area contributed by atoms with Gasteiger partial charge in [0.15, 0.2) is 0 Å². The summed E-state index contributed by atoms with van der Waals surface area (Å²) < 4.78 is 134. The third-order valence-corrected chi connectivity index (χ3v) is 6.47. The second kappa shape index (κ2) is 12.4. The lowest BCUT2D eigenvalue weighted by Gasteiger charge is -2.19. The van der Waals surface area contributed by atoms with Gasteiger partial charge < -0.3 is 5.32 Å². The van der Waals surface area contributed by atoms with E-state index in [1.807, 2.05) is 0 Å². The summed E-state index contributed by atoms with van der Waals surface area (Å²) in [6.07, 6.45) is -14.7. The van der Waals surface area contributed by atoms with Crippen LogP contribution in [-0.2, 0) is 6.18 Å². The van der Waals surface area contributed by atoms with Crippen molar-refractivity contribution in [1.29, 1.82) is 0 Å². The van der Waals surface area contributed by atoms with Gasteiger partial charge in [-0.15, -0.1) is 0 Å². The summed E-state index contributed by atoms with van der Waals surface area (Å²) in [6.45, 7) is 1.27. The van der Waals surface area contributed by atoms with E-state index in [4.69, 9.17) is 23.2 Å². The van der Waals surface area contributed by atoms with Crippen LogP contribution in [-0.4, -0.2) is 35.8 Å². The van der Waals surface area contributed by atoms with Crippen molar-refractivity contribution in [3.05, 3.63) is 74.8 Å². The maximum Gasteiger partial charge on any atom is 0.417 e. The standard InChI is InChI=1S/C23H17Cl2F10NOS/c1-11(9-38-10-21(27,28)29)36-20(37)16-3-2-12(6-18(16)23(33,34)35)19(26)8-17(22(30,31)32)13-4-14(24)7-15(25)5-13/h2-8,11,17H,9-10H2,1H3,(H,36,37)/b19-8-/t11-,17?/m1/s1. The summed E-state index contributed by atoms with van der Waals surface area (Å²) in [7, 11) is 0. The molecule has 0 spiro atoms. The molecular formula is C23H17Cl2F10NOS. The molecule has 0 bridgehead atoms. The van der Waals surface area contributed by atoms with E-state index >= 15 is 0 Å². The number of halogens is 12. The number of allylic oxidation sites excluding steroid dienone is 1. The summed E-state index contributed by atoms with van der Waals surface area (Å²) in [4.78, 5) is 12.4. The molecule has 0 aromatic heterocycles. The number of nitrogens with one attached hydrogen (secondary N) is 1. The highest BCUT2D eigenvalue weighted by Crippen LogP contribution is 2.41. The van der Waals surface area contributed by atoms with E-state index in [0.29, 0.717) is 23.9 Å². The molecule has 1 N–H and O–H groups in total. The van der Waals surface area contributed by atoms with Crippen LogP contribution in [0, 0.1) is 0 Å². The summed E-state index contributed by atoms with van der Waals surface area (Å²) >= 11 is 11.8. The SMILES string of the molecule is C[C@H](CSCC(F)(F)F)NC(=O)c1ccc(/C(F)=C/C(c2cc(Cl)cc(Cl)c2)C(F)(F)F)cc1C(F)(F)F. The number of rotatable bonds is 8. The fourth-order valence-corrected chi connectivity index (χ4v) is 4.53. The van der Waals surface area contributed by atoms with Crippen molar-refractivity contribution in [1.82, 2.24) is 5.32 Å². The fraction of sp³-hybridized carbons (Fsp3) is 0.348. The van der Waals surface area contributed by atoms with Crippen LogP contribution in [0.15, 0.2) is 42.5 Å². The van der Waals surface area contributed by atoms with Crippen molar-refractivity contribution in [3.63, 3.8) is 0 Å². The van der Waals surface area contributed by atoms with Crippen LogP contribution in [0.2, 0.25) is 10.0 Å². The number of benzene rings is 2. The average Bonchev–Trinajstić information content (AvgIpc) is 2.73. The summed E-state index contributed by atoms with van der Waals surface area (Å²) in [6, 6.07) is 3.32. The van der Waals surface area contributed by atoms with E-state index in [2.05, 4.69) is 5.32 Å². The zero-order chi connectivity index (χ0) is 29.1. The van der Waals surface area contributed by atoms with E-state index in [1.54, 1.807) is 0 Å². The van der Waals surface area contributed by atoms with Gasteiger partial charge in [-0.2, -0.15) is 51.3 Å². The van der Waals surface area contributed by atoms with E-state index in [9.17, 15) is 48.7 Å². The van der Waals surface area contributed by atoms with Gasteiger partial charge in [0.2, 0.25) is 0 Å². The zero-order valence-corrected chi connectivity index (χ0v) is 21.3. The quantitative estimate of drug-likeness (QED) is 0.300. The number of amides is 1. The third kappa shape index (κ3) is 9.57.